The molecule has 308 valence electrons. The molecular formula is C41H34N4O13S2. The van der Waals surface area contributed by atoms with Gasteiger partial charge >= 0.3 is 29.9 Å². The summed E-state index contributed by atoms with van der Waals surface area (Å²) in [6.07, 6.45) is 0. The number of fused-ring (bicyclic) bond motifs is 2. The van der Waals surface area contributed by atoms with Crippen LogP contribution in [0.15, 0.2) is 119 Å². The highest BCUT2D eigenvalue weighted by Crippen LogP contribution is 2.28. The Morgan fingerprint density at radius 2 is 0.683 bits per heavy atom. The molecule has 0 aliphatic heterocycles. The Balaban J connectivity index is 1.13. The zero-order valence-electron chi connectivity index (χ0n) is 32.0. The lowest BCUT2D eigenvalue weighted by Crippen LogP contribution is -2.19. The Morgan fingerprint density at radius 3 is 1.00 bits per heavy atom. The number of methoxy groups -OCH3 is 4. The molecule has 19 heteroatoms. The van der Waals surface area contributed by atoms with E-state index in [1.165, 1.54) is 60.7 Å². The van der Waals surface area contributed by atoms with E-state index >= 15 is 0 Å². The summed E-state index contributed by atoms with van der Waals surface area (Å²) in [5.41, 5.74) is 0.363. The summed E-state index contributed by atoms with van der Waals surface area (Å²) in [5, 5.41) is 7.69. The van der Waals surface area contributed by atoms with E-state index in [1.54, 1.807) is 48.5 Å². The summed E-state index contributed by atoms with van der Waals surface area (Å²) < 4.78 is 77.0. The molecule has 0 fully saturated rings. The molecule has 6 aromatic carbocycles. The number of anilines is 4. The highest BCUT2D eigenvalue weighted by Gasteiger charge is 2.21. The molecule has 0 heterocycles. The second kappa shape index (κ2) is 17.1. The van der Waals surface area contributed by atoms with Crippen LogP contribution in [-0.4, -0.2) is 75.2 Å². The minimum absolute atomic E-state index is 0.0697. The molecule has 0 spiro atoms. The van der Waals surface area contributed by atoms with Gasteiger partial charge in [-0.05, 0) is 106 Å². The van der Waals surface area contributed by atoms with E-state index in [1.807, 2.05) is 0 Å². The fourth-order valence-corrected chi connectivity index (χ4v) is 8.13. The lowest BCUT2D eigenvalue weighted by molar-refractivity contribution is 0.0581. The van der Waals surface area contributed by atoms with Crippen LogP contribution in [0.1, 0.15) is 41.4 Å². The number of hydrogen-bond donors (Lipinski definition) is 4. The van der Waals surface area contributed by atoms with Gasteiger partial charge in [0.2, 0.25) is 0 Å². The number of amides is 2. The number of nitrogens with one attached hydrogen (secondary N) is 4. The number of esters is 4. The molecule has 0 aromatic heterocycles. The van der Waals surface area contributed by atoms with Crippen LogP contribution in [0.4, 0.5) is 27.5 Å². The van der Waals surface area contributed by atoms with E-state index in [9.17, 15) is 40.8 Å². The van der Waals surface area contributed by atoms with Crippen LogP contribution < -0.4 is 20.1 Å². The zero-order chi connectivity index (χ0) is 43.4. The minimum Gasteiger partial charge on any atom is -0.465 e. The number of sulfonamides is 2. The molecular weight excluding hydrogens is 821 g/mol. The van der Waals surface area contributed by atoms with Gasteiger partial charge in [-0.15, -0.1) is 0 Å². The average molecular weight is 855 g/mol. The molecule has 17 nitrogen and oxygen atoms in total. The van der Waals surface area contributed by atoms with Gasteiger partial charge in [-0.25, -0.2) is 40.8 Å². The van der Waals surface area contributed by atoms with Crippen LogP contribution in [0.2, 0.25) is 0 Å². The van der Waals surface area contributed by atoms with Crippen molar-refractivity contribution in [1.82, 2.24) is 0 Å². The summed E-state index contributed by atoms with van der Waals surface area (Å²) in [6.45, 7) is 0. The van der Waals surface area contributed by atoms with Gasteiger partial charge in [-0.1, -0.05) is 24.3 Å². The zero-order valence-corrected chi connectivity index (χ0v) is 33.6. The molecule has 6 rings (SSSR count). The van der Waals surface area contributed by atoms with Crippen molar-refractivity contribution in [2.75, 3.05) is 48.5 Å². The lowest BCUT2D eigenvalue weighted by atomic mass is 10.1. The first-order valence-corrected chi connectivity index (χ1v) is 20.3. The highest BCUT2D eigenvalue weighted by molar-refractivity contribution is 7.93. The maximum absolute atomic E-state index is 13.4. The maximum Gasteiger partial charge on any atom is 0.337 e. The number of benzene rings is 6. The van der Waals surface area contributed by atoms with Gasteiger partial charge in [0.1, 0.15) is 0 Å². The van der Waals surface area contributed by atoms with Crippen molar-refractivity contribution < 1.29 is 59.8 Å². The van der Waals surface area contributed by atoms with Gasteiger partial charge < -0.3 is 29.6 Å². The Hall–Kier alpha value is -7.51. The van der Waals surface area contributed by atoms with Gasteiger partial charge in [0.15, 0.2) is 0 Å². The second-order valence-corrected chi connectivity index (χ2v) is 16.2. The molecule has 4 N–H and O–H groups in total. The van der Waals surface area contributed by atoms with Crippen molar-refractivity contribution >= 4 is 94.2 Å². The average Bonchev–Trinajstić information content (AvgIpc) is 3.24. The van der Waals surface area contributed by atoms with Gasteiger partial charge in [-0.3, -0.25) is 9.44 Å². The van der Waals surface area contributed by atoms with E-state index < -0.39 is 50.0 Å². The smallest absolute Gasteiger partial charge is 0.337 e. The summed E-state index contributed by atoms with van der Waals surface area (Å²) >= 11 is 0. The van der Waals surface area contributed by atoms with Crippen molar-refractivity contribution in [3.8, 4) is 0 Å². The molecule has 0 atom stereocenters. The number of carbonyl (C=O) groups excluding carboxylic acids is 5. The van der Waals surface area contributed by atoms with E-state index in [-0.39, 0.29) is 43.4 Å². The molecule has 0 aliphatic rings. The van der Waals surface area contributed by atoms with E-state index in [0.29, 0.717) is 32.9 Å². The van der Waals surface area contributed by atoms with E-state index in [0.717, 1.165) is 28.4 Å². The van der Waals surface area contributed by atoms with Crippen LogP contribution in [0.5, 0.6) is 0 Å². The number of hydrogen-bond acceptors (Lipinski definition) is 13. The molecule has 0 unspecified atom stereocenters. The molecule has 0 aliphatic carbocycles. The van der Waals surface area contributed by atoms with E-state index in [2.05, 4.69) is 20.1 Å². The quantitative estimate of drug-likeness (QED) is 0.0773. The van der Waals surface area contributed by atoms with Gasteiger partial charge in [-0.2, -0.15) is 0 Å². The fourth-order valence-electron chi connectivity index (χ4n) is 5.97. The molecule has 2 amide bonds. The summed E-state index contributed by atoms with van der Waals surface area (Å²) in [5.74, 6) is -3.15. The summed E-state index contributed by atoms with van der Waals surface area (Å²) in [4.78, 5) is 61.4. The molecule has 0 saturated carbocycles. The minimum atomic E-state index is -4.21. The van der Waals surface area contributed by atoms with Crippen molar-refractivity contribution in [2.24, 2.45) is 0 Å². The van der Waals surface area contributed by atoms with Gasteiger partial charge in [0.25, 0.3) is 20.0 Å². The number of urea groups is 1. The highest BCUT2D eigenvalue weighted by atomic mass is 32.2. The topological polar surface area (TPSA) is 239 Å². The first-order valence-electron chi connectivity index (χ1n) is 17.4. The first-order chi connectivity index (χ1) is 28.5. The third kappa shape index (κ3) is 9.43. The fraction of sp³-hybridized carbons (Fsp3) is 0.0976. The van der Waals surface area contributed by atoms with Gasteiger partial charge in [0, 0.05) is 11.4 Å². The molecule has 0 bridgehead atoms. The number of carbonyl (C=O) groups is 5. The summed E-state index contributed by atoms with van der Waals surface area (Å²) in [6, 6.07) is 25.0. The van der Waals surface area contributed by atoms with Crippen molar-refractivity contribution in [1.29, 1.82) is 0 Å². The van der Waals surface area contributed by atoms with Crippen LogP contribution in [-0.2, 0) is 39.0 Å². The van der Waals surface area contributed by atoms with Crippen molar-refractivity contribution in [2.45, 2.75) is 9.79 Å². The Labute approximate surface area is 342 Å². The first kappa shape index (κ1) is 42.1. The monoisotopic (exact) mass is 854 g/mol. The van der Waals surface area contributed by atoms with Crippen LogP contribution >= 0.6 is 0 Å². The number of ether oxygens (including phenoxy) is 4. The van der Waals surface area contributed by atoms with Crippen molar-refractivity contribution in [3.63, 3.8) is 0 Å². The van der Waals surface area contributed by atoms with Crippen molar-refractivity contribution in [3.05, 3.63) is 131 Å². The van der Waals surface area contributed by atoms with Crippen LogP contribution in [0.25, 0.3) is 21.5 Å². The lowest BCUT2D eigenvalue weighted by Gasteiger charge is -2.13. The number of rotatable bonds is 12. The predicted octanol–water partition coefficient (Wildman–Crippen LogP) is 6.39. The second-order valence-electron chi connectivity index (χ2n) is 12.8. The largest absolute Gasteiger partial charge is 0.465 e. The Morgan fingerprint density at radius 1 is 0.383 bits per heavy atom. The molecule has 60 heavy (non-hydrogen) atoms. The Bertz CT molecular complexity index is 2700. The third-order valence-electron chi connectivity index (χ3n) is 8.81. The van der Waals surface area contributed by atoms with E-state index in [4.69, 9.17) is 18.9 Å². The molecule has 6 aromatic rings. The SMILES string of the molecule is COC(=O)c1cc(NS(=O)(=O)c2ccc3cc(NC(=O)Nc4ccc5cc(S(=O)(=O)Nc6cc(C(=O)OC)cc(C(=O)OC)c6)ccc5c4)ccc3c2)cc(C(=O)OC)c1. The predicted molar refractivity (Wildman–Crippen MR) is 220 cm³/mol. The summed E-state index contributed by atoms with van der Waals surface area (Å²) in [7, 11) is -3.84. The van der Waals surface area contributed by atoms with Crippen LogP contribution in [0, 0.1) is 0 Å². The van der Waals surface area contributed by atoms with Crippen LogP contribution in [0.3, 0.4) is 0 Å². The molecule has 0 saturated heterocycles. The third-order valence-corrected chi connectivity index (χ3v) is 11.6. The standard InChI is InChI=1S/C41H34N4O13S2/c1-55-37(46)27-13-28(38(47)56-2)18-33(17-27)44-59(51,52)35-11-7-23-15-31(9-5-25(23)21-35)42-41(50)43-32-10-6-26-22-36(12-8-24(26)16-32)60(53,54)45-34-19-29(39(48)57-3)14-30(20-34)40(49)58-4/h5-22,44-45H,1-4H3,(H2,42,43,50). The Kier molecular flexibility index (Phi) is 12.0. The van der Waals surface area contributed by atoms with Gasteiger partial charge in [0.05, 0.1) is 71.9 Å². The maximum atomic E-state index is 13.4. The normalized spacial score (nSPS) is 11.3. The molecule has 0 radical (unpaired) electrons.